The molecule has 0 bridgehead atoms. The minimum absolute atomic E-state index is 0.258. The SMILES string of the molecule is Cc1nc(CN2CC(C(=O)O)C2)ccc1-c1noc(-c2ccc(CC(C)C)c(F)c2)n1. The van der Waals surface area contributed by atoms with Crippen LogP contribution in [0.1, 0.15) is 30.8 Å². The highest BCUT2D eigenvalue weighted by atomic mass is 19.1. The molecule has 4 rings (SSSR count). The van der Waals surface area contributed by atoms with Gasteiger partial charge in [-0.3, -0.25) is 14.7 Å². The van der Waals surface area contributed by atoms with Gasteiger partial charge in [0.15, 0.2) is 0 Å². The number of benzene rings is 1. The molecule has 2 aromatic heterocycles. The third-order valence-corrected chi connectivity index (χ3v) is 5.43. The van der Waals surface area contributed by atoms with Crippen molar-refractivity contribution in [1.82, 2.24) is 20.0 Å². The van der Waals surface area contributed by atoms with E-state index in [4.69, 9.17) is 9.63 Å². The predicted octanol–water partition coefficient (Wildman–Crippen LogP) is 3.96. The Morgan fingerprint density at radius 3 is 2.68 bits per heavy atom. The van der Waals surface area contributed by atoms with E-state index in [1.807, 2.05) is 24.0 Å². The number of carbonyl (C=O) groups is 1. The number of halogens is 1. The van der Waals surface area contributed by atoms with Gasteiger partial charge in [0, 0.05) is 36.5 Å². The van der Waals surface area contributed by atoms with Gasteiger partial charge in [-0.25, -0.2) is 4.39 Å². The van der Waals surface area contributed by atoms with Crippen LogP contribution in [0.25, 0.3) is 22.8 Å². The van der Waals surface area contributed by atoms with Gasteiger partial charge in [-0.15, -0.1) is 0 Å². The van der Waals surface area contributed by atoms with Gasteiger partial charge in [0.05, 0.1) is 11.6 Å². The maximum Gasteiger partial charge on any atom is 0.309 e. The van der Waals surface area contributed by atoms with Gasteiger partial charge in [-0.1, -0.05) is 25.1 Å². The fourth-order valence-electron chi connectivity index (χ4n) is 3.76. The van der Waals surface area contributed by atoms with Gasteiger partial charge in [0.25, 0.3) is 5.89 Å². The number of carboxylic acids is 1. The summed E-state index contributed by atoms with van der Waals surface area (Å²) < 4.78 is 19.8. The largest absolute Gasteiger partial charge is 0.481 e. The molecule has 31 heavy (non-hydrogen) atoms. The number of pyridine rings is 1. The molecule has 0 spiro atoms. The molecule has 0 saturated carbocycles. The minimum atomic E-state index is -0.752. The van der Waals surface area contributed by atoms with Gasteiger partial charge in [-0.05, 0) is 49.1 Å². The standard InChI is InChI=1S/C23H25FN4O3/c1-13(2)8-15-4-5-16(9-20(15)24)22-26-21(27-31-22)19-7-6-18(25-14(19)3)12-28-10-17(11-28)23(29)30/h4-7,9,13,17H,8,10-12H2,1-3H3,(H,29,30). The molecule has 1 aromatic carbocycles. The highest BCUT2D eigenvalue weighted by Crippen LogP contribution is 2.27. The molecule has 0 radical (unpaired) electrons. The van der Waals surface area contributed by atoms with Gasteiger partial charge in [0.2, 0.25) is 5.82 Å². The summed E-state index contributed by atoms with van der Waals surface area (Å²) in [5.74, 6) is -0.292. The van der Waals surface area contributed by atoms with Gasteiger partial charge in [-0.2, -0.15) is 4.98 Å². The molecule has 1 fully saturated rings. The highest BCUT2D eigenvalue weighted by molar-refractivity contribution is 5.71. The van der Waals surface area contributed by atoms with E-state index in [2.05, 4.69) is 29.0 Å². The molecule has 0 amide bonds. The summed E-state index contributed by atoms with van der Waals surface area (Å²) in [5, 5.41) is 13.0. The number of rotatable bonds is 7. The van der Waals surface area contributed by atoms with Gasteiger partial charge in [0.1, 0.15) is 5.82 Å². The first-order valence-corrected chi connectivity index (χ1v) is 10.3. The van der Waals surface area contributed by atoms with Gasteiger partial charge < -0.3 is 9.63 Å². The fourth-order valence-corrected chi connectivity index (χ4v) is 3.76. The molecule has 1 N–H and O–H groups in total. The van der Waals surface area contributed by atoms with Crippen molar-refractivity contribution in [2.45, 2.75) is 33.7 Å². The lowest BCUT2D eigenvalue weighted by Gasteiger charge is -2.36. The van der Waals surface area contributed by atoms with Crippen molar-refractivity contribution in [1.29, 1.82) is 0 Å². The number of likely N-dealkylation sites (tertiary alicyclic amines) is 1. The first-order valence-electron chi connectivity index (χ1n) is 10.3. The lowest BCUT2D eigenvalue weighted by Crippen LogP contribution is -2.49. The zero-order valence-electron chi connectivity index (χ0n) is 17.8. The van der Waals surface area contributed by atoms with Crippen molar-refractivity contribution >= 4 is 5.97 Å². The monoisotopic (exact) mass is 424 g/mol. The minimum Gasteiger partial charge on any atom is -0.481 e. The topological polar surface area (TPSA) is 92.4 Å². The predicted molar refractivity (Wildman–Crippen MR) is 113 cm³/mol. The molecule has 8 heteroatoms. The molecule has 0 aliphatic carbocycles. The number of carboxylic acid groups (broad SMARTS) is 1. The summed E-state index contributed by atoms with van der Waals surface area (Å²) >= 11 is 0. The first kappa shape index (κ1) is 21.1. The van der Waals surface area contributed by atoms with E-state index in [-0.39, 0.29) is 17.6 Å². The van der Waals surface area contributed by atoms with E-state index < -0.39 is 5.97 Å². The van der Waals surface area contributed by atoms with Crippen LogP contribution in [0.5, 0.6) is 0 Å². The van der Waals surface area contributed by atoms with E-state index >= 15 is 0 Å². The molecule has 1 aliphatic heterocycles. The van der Waals surface area contributed by atoms with Crippen molar-refractivity contribution in [3.8, 4) is 22.8 Å². The van der Waals surface area contributed by atoms with E-state index in [0.717, 1.165) is 17.0 Å². The number of nitrogens with zero attached hydrogens (tertiary/aromatic N) is 4. The van der Waals surface area contributed by atoms with Crippen LogP contribution in [0, 0.1) is 24.6 Å². The molecule has 7 nitrogen and oxygen atoms in total. The molecule has 3 heterocycles. The molecule has 0 atom stereocenters. The van der Waals surface area contributed by atoms with Crippen LogP contribution < -0.4 is 0 Å². The van der Waals surface area contributed by atoms with Crippen molar-refractivity contribution in [3.63, 3.8) is 0 Å². The van der Waals surface area contributed by atoms with Gasteiger partial charge >= 0.3 is 5.97 Å². The molecule has 1 aliphatic rings. The average molecular weight is 424 g/mol. The molecule has 1 saturated heterocycles. The summed E-state index contributed by atoms with van der Waals surface area (Å²) in [7, 11) is 0. The number of aromatic nitrogens is 3. The van der Waals surface area contributed by atoms with E-state index in [9.17, 15) is 9.18 Å². The lowest BCUT2D eigenvalue weighted by molar-refractivity contribution is -0.147. The second kappa shape index (κ2) is 8.55. The summed E-state index contributed by atoms with van der Waals surface area (Å²) in [6.07, 6.45) is 0.673. The summed E-state index contributed by atoms with van der Waals surface area (Å²) in [6, 6.07) is 8.76. The van der Waals surface area contributed by atoms with Crippen LogP contribution in [0.3, 0.4) is 0 Å². The smallest absolute Gasteiger partial charge is 0.309 e. The van der Waals surface area contributed by atoms with Crippen molar-refractivity contribution in [2.24, 2.45) is 11.8 Å². The molecule has 0 unspecified atom stereocenters. The van der Waals surface area contributed by atoms with Crippen molar-refractivity contribution in [3.05, 3.63) is 53.1 Å². The normalized spacial score (nSPS) is 14.7. The Kier molecular flexibility index (Phi) is 5.82. The van der Waals surface area contributed by atoms with E-state index in [1.54, 1.807) is 12.1 Å². The number of hydrogen-bond acceptors (Lipinski definition) is 6. The summed E-state index contributed by atoms with van der Waals surface area (Å²) in [4.78, 5) is 22.0. The zero-order valence-corrected chi connectivity index (χ0v) is 17.8. The quantitative estimate of drug-likeness (QED) is 0.614. The van der Waals surface area contributed by atoms with Crippen LogP contribution in [0.15, 0.2) is 34.9 Å². The maximum atomic E-state index is 14.4. The van der Waals surface area contributed by atoms with Crippen LogP contribution in [-0.4, -0.2) is 44.2 Å². The Morgan fingerprint density at radius 2 is 2.03 bits per heavy atom. The second-order valence-electron chi connectivity index (χ2n) is 8.49. The highest BCUT2D eigenvalue weighted by Gasteiger charge is 2.32. The second-order valence-corrected chi connectivity index (χ2v) is 8.49. The molecule has 3 aromatic rings. The van der Waals surface area contributed by atoms with Crippen LogP contribution >= 0.6 is 0 Å². The summed E-state index contributed by atoms with van der Waals surface area (Å²) in [5.41, 5.74) is 3.56. The van der Waals surface area contributed by atoms with Crippen molar-refractivity contribution in [2.75, 3.05) is 13.1 Å². The number of aliphatic carboxylic acids is 1. The lowest BCUT2D eigenvalue weighted by atomic mass is 10.0. The summed E-state index contributed by atoms with van der Waals surface area (Å²) in [6.45, 7) is 7.65. The third-order valence-electron chi connectivity index (χ3n) is 5.43. The van der Waals surface area contributed by atoms with E-state index in [0.29, 0.717) is 48.9 Å². The Labute approximate surface area is 179 Å². The van der Waals surface area contributed by atoms with Crippen LogP contribution in [-0.2, 0) is 17.8 Å². The Bertz CT molecular complexity index is 1110. The van der Waals surface area contributed by atoms with Crippen LogP contribution in [0.2, 0.25) is 0 Å². The third kappa shape index (κ3) is 4.64. The first-order chi connectivity index (χ1) is 14.8. The number of aryl methyl sites for hydroxylation is 1. The molecular formula is C23H25FN4O3. The molecular weight excluding hydrogens is 399 g/mol. The molecule has 162 valence electrons. The Morgan fingerprint density at radius 1 is 1.26 bits per heavy atom. The Hall–Kier alpha value is -3.13. The average Bonchev–Trinajstić information content (AvgIpc) is 3.15. The fraction of sp³-hybridized carbons (Fsp3) is 0.391. The van der Waals surface area contributed by atoms with Crippen LogP contribution in [0.4, 0.5) is 4.39 Å². The zero-order chi connectivity index (χ0) is 22.1. The van der Waals surface area contributed by atoms with E-state index in [1.165, 1.54) is 6.07 Å². The Balaban J connectivity index is 1.48. The van der Waals surface area contributed by atoms with Crippen molar-refractivity contribution < 1.29 is 18.8 Å². The maximum absolute atomic E-state index is 14.4. The number of hydrogen-bond donors (Lipinski definition) is 1.